The molecule has 1 rings (SSSR count). The summed E-state index contributed by atoms with van der Waals surface area (Å²) in [5.74, 6) is 2.73. The van der Waals surface area contributed by atoms with E-state index >= 15 is 0 Å². The molecule has 15 heavy (non-hydrogen) atoms. The van der Waals surface area contributed by atoms with Crippen LogP contribution in [0.3, 0.4) is 0 Å². The lowest BCUT2D eigenvalue weighted by Crippen LogP contribution is -1.93. The highest BCUT2D eigenvalue weighted by molar-refractivity contribution is 5.30. The van der Waals surface area contributed by atoms with Crippen LogP contribution in [0, 0.1) is 12.3 Å². The van der Waals surface area contributed by atoms with E-state index in [1.54, 1.807) is 0 Å². The molecular formula is C15H20. The summed E-state index contributed by atoms with van der Waals surface area (Å²) in [5.41, 5.74) is 2.77. The van der Waals surface area contributed by atoms with Crippen LogP contribution in [0.4, 0.5) is 0 Å². The summed E-state index contributed by atoms with van der Waals surface area (Å²) in [6, 6.07) is 8.53. The Morgan fingerprint density at radius 2 is 1.80 bits per heavy atom. The maximum Gasteiger partial charge on any atom is 0.0340 e. The molecule has 0 amide bonds. The van der Waals surface area contributed by atoms with E-state index in [2.05, 4.69) is 37.1 Å². The van der Waals surface area contributed by atoms with E-state index in [-0.39, 0.29) is 0 Å². The first kappa shape index (κ1) is 11.9. The average Bonchev–Trinajstić information content (AvgIpc) is 2.27. The molecule has 0 saturated carbocycles. The Labute approximate surface area is 93.7 Å². The molecule has 0 atom stereocenters. The lowest BCUT2D eigenvalue weighted by molar-refractivity contribution is 0.665. The Balaban J connectivity index is 2.48. The van der Waals surface area contributed by atoms with Crippen molar-refractivity contribution in [3.05, 3.63) is 35.4 Å². The molecule has 0 aliphatic rings. The van der Waals surface area contributed by atoms with Crippen LogP contribution in [0.2, 0.25) is 0 Å². The van der Waals surface area contributed by atoms with Crippen molar-refractivity contribution in [2.45, 2.75) is 45.4 Å². The summed E-state index contributed by atoms with van der Waals surface area (Å²) in [4.78, 5) is 0. The van der Waals surface area contributed by atoms with Gasteiger partial charge in [-0.1, -0.05) is 50.5 Å². The maximum atomic E-state index is 5.36. The van der Waals surface area contributed by atoms with Crippen LogP contribution in [0.25, 0.3) is 0 Å². The van der Waals surface area contributed by atoms with Gasteiger partial charge < -0.3 is 0 Å². The molecule has 0 N–H and O–H groups in total. The summed E-state index contributed by atoms with van der Waals surface area (Å²) < 4.78 is 0. The van der Waals surface area contributed by atoms with Crippen molar-refractivity contribution in [1.29, 1.82) is 0 Å². The van der Waals surface area contributed by atoms with Crippen LogP contribution in [-0.2, 0) is 12.8 Å². The van der Waals surface area contributed by atoms with Gasteiger partial charge in [-0.3, -0.25) is 0 Å². The van der Waals surface area contributed by atoms with Gasteiger partial charge in [0.2, 0.25) is 0 Å². The second-order valence-corrected chi connectivity index (χ2v) is 3.96. The van der Waals surface area contributed by atoms with E-state index in [1.165, 1.54) is 43.2 Å². The summed E-state index contributed by atoms with van der Waals surface area (Å²) in [6.45, 7) is 2.24. The Morgan fingerprint density at radius 1 is 1.07 bits per heavy atom. The number of aryl methyl sites for hydroxylation is 1. The zero-order valence-electron chi connectivity index (χ0n) is 9.63. The summed E-state index contributed by atoms with van der Waals surface area (Å²) >= 11 is 0. The fourth-order valence-corrected chi connectivity index (χ4v) is 1.83. The van der Waals surface area contributed by atoms with Crippen LogP contribution in [0.15, 0.2) is 24.3 Å². The van der Waals surface area contributed by atoms with Crippen LogP contribution < -0.4 is 0 Å². The van der Waals surface area contributed by atoms with Crippen molar-refractivity contribution in [3.8, 4) is 12.3 Å². The molecule has 0 aliphatic heterocycles. The average molecular weight is 200 g/mol. The van der Waals surface area contributed by atoms with Gasteiger partial charge in [0.05, 0.1) is 0 Å². The smallest absolute Gasteiger partial charge is 0.0340 e. The van der Waals surface area contributed by atoms with Crippen LogP contribution >= 0.6 is 0 Å². The lowest BCUT2D eigenvalue weighted by atomic mass is 9.99. The van der Waals surface area contributed by atoms with Crippen molar-refractivity contribution in [1.82, 2.24) is 0 Å². The third-order valence-electron chi connectivity index (χ3n) is 2.71. The molecule has 1 aromatic rings. The van der Waals surface area contributed by atoms with Gasteiger partial charge in [0, 0.05) is 6.42 Å². The quantitative estimate of drug-likeness (QED) is 0.481. The van der Waals surface area contributed by atoms with E-state index in [1.807, 2.05) is 0 Å². The Morgan fingerprint density at radius 3 is 2.47 bits per heavy atom. The summed E-state index contributed by atoms with van der Waals surface area (Å²) in [5, 5.41) is 0. The van der Waals surface area contributed by atoms with Gasteiger partial charge in [0.25, 0.3) is 0 Å². The number of terminal acetylenes is 1. The molecule has 80 valence electrons. The molecule has 1 aromatic carbocycles. The molecule has 0 heteroatoms. The first-order valence-electron chi connectivity index (χ1n) is 5.88. The number of hydrogen-bond donors (Lipinski definition) is 0. The first-order valence-corrected chi connectivity index (χ1v) is 5.88. The molecule has 0 spiro atoms. The van der Waals surface area contributed by atoms with Crippen molar-refractivity contribution < 1.29 is 0 Å². The van der Waals surface area contributed by atoms with Gasteiger partial charge in [0.15, 0.2) is 0 Å². The second-order valence-electron chi connectivity index (χ2n) is 3.96. The highest BCUT2D eigenvalue weighted by Crippen LogP contribution is 2.13. The first-order chi connectivity index (χ1) is 7.38. The molecular weight excluding hydrogens is 180 g/mol. The van der Waals surface area contributed by atoms with Crippen molar-refractivity contribution in [3.63, 3.8) is 0 Å². The van der Waals surface area contributed by atoms with Gasteiger partial charge in [-0.05, 0) is 24.0 Å². The second kappa shape index (κ2) is 7.12. The number of unbranched alkanes of at least 4 members (excludes halogenated alkanes) is 3. The lowest BCUT2D eigenvalue weighted by Gasteiger charge is -2.06. The molecule has 0 unspecified atom stereocenters. The van der Waals surface area contributed by atoms with Crippen LogP contribution in [-0.4, -0.2) is 0 Å². The van der Waals surface area contributed by atoms with Crippen LogP contribution in [0.1, 0.15) is 43.7 Å². The zero-order chi connectivity index (χ0) is 10.9. The fraction of sp³-hybridized carbons (Fsp3) is 0.467. The molecule has 0 aromatic heterocycles. The van der Waals surface area contributed by atoms with Gasteiger partial charge >= 0.3 is 0 Å². The van der Waals surface area contributed by atoms with Crippen LogP contribution in [0.5, 0.6) is 0 Å². The molecule has 0 bridgehead atoms. The highest BCUT2D eigenvalue weighted by atomic mass is 14.0. The largest absolute Gasteiger partial charge is 0.120 e. The molecule has 0 saturated heterocycles. The van der Waals surface area contributed by atoms with E-state index in [0.29, 0.717) is 0 Å². The topological polar surface area (TPSA) is 0 Å². The Hall–Kier alpha value is -1.22. The van der Waals surface area contributed by atoms with Gasteiger partial charge in [-0.15, -0.1) is 12.3 Å². The van der Waals surface area contributed by atoms with E-state index < -0.39 is 0 Å². The zero-order valence-corrected chi connectivity index (χ0v) is 9.63. The predicted molar refractivity (Wildman–Crippen MR) is 66.8 cm³/mol. The van der Waals surface area contributed by atoms with E-state index in [9.17, 15) is 0 Å². The number of benzene rings is 1. The molecule has 0 heterocycles. The standard InChI is InChI=1S/C15H20/c1-3-5-6-7-11-15-13-9-8-12-14(15)10-4-2/h2,8-9,12-13H,3,5-7,10-11H2,1H3. The van der Waals surface area contributed by atoms with Gasteiger partial charge in [-0.25, -0.2) is 0 Å². The SMILES string of the molecule is C#CCc1ccccc1CCCCCC. The Kier molecular flexibility index (Phi) is 5.63. The predicted octanol–water partition coefficient (Wildman–Crippen LogP) is 3.99. The summed E-state index contributed by atoms with van der Waals surface area (Å²) in [7, 11) is 0. The molecule has 0 aliphatic carbocycles. The number of rotatable bonds is 6. The summed E-state index contributed by atoms with van der Waals surface area (Å²) in [6.07, 6.45) is 12.6. The van der Waals surface area contributed by atoms with Crippen molar-refractivity contribution in [2.75, 3.05) is 0 Å². The minimum Gasteiger partial charge on any atom is -0.120 e. The molecule has 0 nitrogen and oxygen atoms in total. The van der Waals surface area contributed by atoms with E-state index in [4.69, 9.17) is 6.42 Å². The molecule has 0 radical (unpaired) electrons. The molecule has 0 fully saturated rings. The van der Waals surface area contributed by atoms with E-state index in [0.717, 1.165) is 6.42 Å². The highest BCUT2D eigenvalue weighted by Gasteiger charge is 1.99. The third kappa shape index (κ3) is 4.21. The van der Waals surface area contributed by atoms with Crippen molar-refractivity contribution >= 4 is 0 Å². The normalized spacial score (nSPS) is 9.87. The maximum absolute atomic E-state index is 5.36. The Bertz CT molecular complexity index is 317. The number of hydrogen-bond acceptors (Lipinski definition) is 0. The minimum absolute atomic E-state index is 0.768. The van der Waals surface area contributed by atoms with Gasteiger partial charge in [0.1, 0.15) is 0 Å². The van der Waals surface area contributed by atoms with Crippen molar-refractivity contribution in [2.24, 2.45) is 0 Å². The minimum atomic E-state index is 0.768. The van der Waals surface area contributed by atoms with Gasteiger partial charge in [-0.2, -0.15) is 0 Å². The monoisotopic (exact) mass is 200 g/mol. The third-order valence-corrected chi connectivity index (χ3v) is 2.71. The fourth-order valence-electron chi connectivity index (χ4n) is 1.83.